The van der Waals surface area contributed by atoms with E-state index in [1.807, 2.05) is 0 Å². The van der Waals surface area contributed by atoms with Gasteiger partial charge in [0.2, 0.25) is 5.82 Å². The fraction of sp³-hybridized carbons (Fsp3) is 0.500. The Morgan fingerprint density at radius 2 is 2.61 bits per heavy atom. The first kappa shape index (κ1) is 11.4. The van der Waals surface area contributed by atoms with Crippen LogP contribution in [0.1, 0.15) is 12.8 Å². The zero-order valence-electron chi connectivity index (χ0n) is 9.63. The van der Waals surface area contributed by atoms with Crippen LogP contribution in [0, 0.1) is 10.1 Å². The van der Waals surface area contributed by atoms with E-state index >= 15 is 0 Å². The topological polar surface area (TPSA) is 84.5 Å². The van der Waals surface area contributed by atoms with Crippen molar-refractivity contribution in [2.24, 2.45) is 0 Å². The third-order valence-electron chi connectivity index (χ3n) is 3.09. The van der Waals surface area contributed by atoms with Gasteiger partial charge in [0.25, 0.3) is 4.96 Å². The minimum Gasteiger partial charge on any atom is -0.361 e. The second-order valence-corrected chi connectivity index (χ2v) is 5.14. The molecule has 1 aliphatic heterocycles. The summed E-state index contributed by atoms with van der Waals surface area (Å²) in [4.78, 5) is 15.6. The summed E-state index contributed by atoms with van der Waals surface area (Å²) in [5.74, 6) is 0.379. The second-order valence-electron chi connectivity index (χ2n) is 4.27. The summed E-state index contributed by atoms with van der Waals surface area (Å²) in [5, 5.41) is 19.3. The Balaban J connectivity index is 1.83. The predicted molar refractivity (Wildman–Crippen MR) is 69.2 cm³/mol. The van der Waals surface area contributed by atoms with Crippen LogP contribution in [0.5, 0.6) is 0 Å². The van der Waals surface area contributed by atoms with Gasteiger partial charge in [-0.1, -0.05) is 11.3 Å². The lowest BCUT2D eigenvalue weighted by atomic mass is 10.2. The van der Waals surface area contributed by atoms with Crippen LogP contribution in [0.25, 0.3) is 4.96 Å². The molecule has 3 heterocycles. The van der Waals surface area contributed by atoms with Crippen molar-refractivity contribution < 1.29 is 4.92 Å². The second kappa shape index (κ2) is 4.54. The quantitative estimate of drug-likeness (QED) is 0.647. The summed E-state index contributed by atoms with van der Waals surface area (Å²) in [5.41, 5.74) is 0. The number of hydrogen-bond donors (Lipinski definition) is 2. The Hall–Kier alpha value is -1.67. The molecule has 18 heavy (non-hydrogen) atoms. The summed E-state index contributed by atoms with van der Waals surface area (Å²) in [7, 11) is 0. The molecule has 3 rings (SSSR count). The number of rotatable bonds is 4. The first-order valence-corrected chi connectivity index (χ1v) is 6.71. The zero-order valence-corrected chi connectivity index (χ0v) is 10.4. The molecule has 1 saturated heterocycles. The van der Waals surface area contributed by atoms with Crippen molar-refractivity contribution in [2.45, 2.75) is 18.9 Å². The smallest absolute Gasteiger partial charge is 0.361 e. The fourth-order valence-electron chi connectivity index (χ4n) is 2.22. The number of hydrogen-bond acceptors (Lipinski definition) is 6. The van der Waals surface area contributed by atoms with Gasteiger partial charge in [0, 0.05) is 18.0 Å². The molecule has 1 unspecified atom stereocenters. The molecule has 0 bridgehead atoms. The Morgan fingerprint density at radius 3 is 3.33 bits per heavy atom. The molecule has 96 valence electrons. The van der Waals surface area contributed by atoms with Crippen LogP contribution in [0.15, 0.2) is 11.6 Å². The maximum Gasteiger partial charge on any atom is 0.372 e. The van der Waals surface area contributed by atoms with Gasteiger partial charge in [-0.2, -0.15) is 9.38 Å². The van der Waals surface area contributed by atoms with Crippen LogP contribution in [-0.2, 0) is 0 Å². The summed E-state index contributed by atoms with van der Waals surface area (Å²) >= 11 is 1.39. The van der Waals surface area contributed by atoms with Crippen molar-refractivity contribution in [1.82, 2.24) is 14.7 Å². The number of nitrogens with one attached hydrogen (secondary N) is 2. The van der Waals surface area contributed by atoms with Crippen molar-refractivity contribution in [3.63, 3.8) is 0 Å². The molecule has 8 heteroatoms. The molecule has 0 saturated carbocycles. The molecule has 1 atom stereocenters. The minimum absolute atomic E-state index is 0.0178. The largest absolute Gasteiger partial charge is 0.372 e. The molecule has 0 radical (unpaired) electrons. The fourth-order valence-corrected chi connectivity index (χ4v) is 2.93. The molecule has 1 aliphatic rings. The standard InChI is InChI=1S/C10H13N5O2S/c16-15(17)9-8(12-6-7-2-1-3-11-7)13-10-14(9)4-5-18-10/h4-5,7,11-12H,1-3,6H2. The lowest BCUT2D eigenvalue weighted by Crippen LogP contribution is -2.29. The van der Waals surface area contributed by atoms with E-state index in [2.05, 4.69) is 15.6 Å². The van der Waals surface area contributed by atoms with E-state index in [-0.39, 0.29) is 5.82 Å². The van der Waals surface area contributed by atoms with Crippen LogP contribution in [0.2, 0.25) is 0 Å². The van der Waals surface area contributed by atoms with E-state index in [0.29, 0.717) is 23.4 Å². The SMILES string of the molecule is O=[N+]([O-])c1c(NCC2CCCN2)nc2sccn12. The highest BCUT2D eigenvalue weighted by Gasteiger charge is 2.24. The van der Waals surface area contributed by atoms with E-state index in [1.54, 1.807) is 11.6 Å². The van der Waals surface area contributed by atoms with Crippen molar-refractivity contribution >= 4 is 27.9 Å². The van der Waals surface area contributed by atoms with Crippen LogP contribution < -0.4 is 10.6 Å². The molecular weight excluding hydrogens is 254 g/mol. The van der Waals surface area contributed by atoms with Crippen LogP contribution in [0.4, 0.5) is 11.6 Å². The van der Waals surface area contributed by atoms with Gasteiger partial charge in [-0.3, -0.25) is 0 Å². The molecule has 0 aliphatic carbocycles. The molecule has 0 aromatic carbocycles. The Labute approximate surface area is 107 Å². The van der Waals surface area contributed by atoms with Gasteiger partial charge < -0.3 is 20.7 Å². The highest BCUT2D eigenvalue weighted by Crippen LogP contribution is 2.28. The number of thiazole rings is 1. The molecule has 0 amide bonds. The lowest BCUT2D eigenvalue weighted by molar-refractivity contribution is -0.389. The molecule has 2 aromatic rings. The number of fused-ring (bicyclic) bond motifs is 1. The summed E-state index contributed by atoms with van der Waals surface area (Å²) < 4.78 is 1.51. The zero-order chi connectivity index (χ0) is 12.5. The van der Waals surface area contributed by atoms with E-state index in [4.69, 9.17) is 0 Å². The number of imidazole rings is 1. The van der Waals surface area contributed by atoms with Crippen LogP contribution in [0.3, 0.4) is 0 Å². The van der Waals surface area contributed by atoms with Crippen LogP contribution in [-0.4, -0.2) is 33.4 Å². The summed E-state index contributed by atoms with van der Waals surface area (Å²) in [6.07, 6.45) is 3.93. The highest BCUT2D eigenvalue weighted by molar-refractivity contribution is 7.15. The third-order valence-corrected chi connectivity index (χ3v) is 3.84. The highest BCUT2D eigenvalue weighted by atomic mass is 32.1. The summed E-state index contributed by atoms with van der Waals surface area (Å²) in [6, 6.07) is 0.379. The predicted octanol–water partition coefficient (Wildman–Crippen LogP) is 1.47. The first-order chi connectivity index (χ1) is 8.75. The molecule has 2 aromatic heterocycles. The lowest BCUT2D eigenvalue weighted by Gasteiger charge is -2.10. The van der Waals surface area contributed by atoms with Gasteiger partial charge in [0.05, 0.1) is 0 Å². The molecule has 2 N–H and O–H groups in total. The van der Waals surface area contributed by atoms with E-state index < -0.39 is 4.92 Å². The van der Waals surface area contributed by atoms with Gasteiger partial charge in [-0.05, 0) is 24.3 Å². The number of anilines is 1. The van der Waals surface area contributed by atoms with E-state index in [0.717, 1.165) is 19.4 Å². The Kier molecular flexibility index (Phi) is 2.88. The maximum absolute atomic E-state index is 11.1. The first-order valence-electron chi connectivity index (χ1n) is 5.83. The summed E-state index contributed by atoms with van der Waals surface area (Å²) in [6.45, 7) is 1.69. The van der Waals surface area contributed by atoms with Crippen molar-refractivity contribution in [1.29, 1.82) is 0 Å². The minimum atomic E-state index is -0.392. The molecule has 7 nitrogen and oxygen atoms in total. The van der Waals surface area contributed by atoms with Gasteiger partial charge in [-0.25, -0.2) is 0 Å². The average Bonchev–Trinajstić information content (AvgIpc) is 3.01. The normalized spacial score (nSPS) is 19.4. The van der Waals surface area contributed by atoms with Gasteiger partial charge in [0.15, 0.2) is 0 Å². The van der Waals surface area contributed by atoms with Gasteiger partial charge in [0.1, 0.15) is 6.20 Å². The molecule has 1 fully saturated rings. The maximum atomic E-state index is 11.1. The van der Waals surface area contributed by atoms with E-state index in [9.17, 15) is 10.1 Å². The number of nitrogens with zero attached hydrogens (tertiary/aromatic N) is 3. The van der Waals surface area contributed by atoms with Gasteiger partial charge >= 0.3 is 5.82 Å². The number of aromatic nitrogens is 2. The Bertz CT molecular complexity index is 572. The molecular formula is C10H13N5O2S. The average molecular weight is 267 g/mol. The molecule has 0 spiro atoms. The van der Waals surface area contributed by atoms with Gasteiger partial charge in [-0.15, -0.1) is 0 Å². The monoisotopic (exact) mass is 267 g/mol. The van der Waals surface area contributed by atoms with Crippen molar-refractivity contribution in [3.05, 3.63) is 21.7 Å². The Morgan fingerprint density at radius 1 is 1.72 bits per heavy atom. The van der Waals surface area contributed by atoms with Crippen molar-refractivity contribution in [3.8, 4) is 0 Å². The van der Waals surface area contributed by atoms with Crippen LogP contribution >= 0.6 is 11.3 Å². The third kappa shape index (κ3) is 1.93. The number of nitro groups is 1. The van der Waals surface area contributed by atoms with E-state index in [1.165, 1.54) is 15.7 Å². The van der Waals surface area contributed by atoms with Crippen molar-refractivity contribution in [2.75, 3.05) is 18.4 Å².